The number of nitrogens with one attached hydrogen (secondary N) is 1. The fraction of sp³-hybridized carbons (Fsp3) is 0.667. The number of halogens is 3. The number of aromatic nitrogens is 2. The van der Waals surface area contributed by atoms with E-state index in [0.717, 1.165) is 19.0 Å². The third-order valence-electron chi connectivity index (χ3n) is 3.47. The molecule has 6 nitrogen and oxygen atoms in total. The van der Waals surface area contributed by atoms with Gasteiger partial charge < -0.3 is 15.0 Å². The Morgan fingerprint density at radius 1 is 1.33 bits per heavy atom. The van der Waals surface area contributed by atoms with E-state index in [9.17, 15) is 18.0 Å². The monoisotopic (exact) mass is 346 g/mol. The van der Waals surface area contributed by atoms with E-state index in [0.29, 0.717) is 19.3 Å². The molecular formula is C15H21F3N4O2. The summed E-state index contributed by atoms with van der Waals surface area (Å²) in [5.41, 5.74) is -1.61. The largest absolute Gasteiger partial charge is 0.444 e. The molecule has 1 amide bonds. The fourth-order valence-electron chi connectivity index (χ4n) is 2.40. The molecule has 9 heteroatoms. The molecule has 0 saturated carbocycles. The van der Waals surface area contributed by atoms with E-state index in [-0.39, 0.29) is 18.0 Å². The van der Waals surface area contributed by atoms with Crippen molar-refractivity contribution < 1.29 is 22.7 Å². The van der Waals surface area contributed by atoms with Crippen LogP contribution in [0.2, 0.25) is 0 Å². The lowest BCUT2D eigenvalue weighted by Gasteiger charge is -2.28. The van der Waals surface area contributed by atoms with Crippen molar-refractivity contribution >= 4 is 11.9 Å². The zero-order valence-electron chi connectivity index (χ0n) is 13.9. The van der Waals surface area contributed by atoms with Crippen molar-refractivity contribution in [1.29, 1.82) is 0 Å². The van der Waals surface area contributed by atoms with E-state index in [1.165, 1.54) is 0 Å². The Kier molecular flexibility index (Phi) is 5.19. The van der Waals surface area contributed by atoms with Crippen LogP contribution in [0.3, 0.4) is 0 Å². The molecule has 1 aromatic heterocycles. The Morgan fingerprint density at radius 2 is 2.04 bits per heavy atom. The van der Waals surface area contributed by atoms with Crippen LogP contribution in [-0.4, -0.2) is 45.7 Å². The maximum atomic E-state index is 12.4. The van der Waals surface area contributed by atoms with Gasteiger partial charge in [0.05, 0.1) is 18.4 Å². The van der Waals surface area contributed by atoms with Crippen molar-refractivity contribution in [2.45, 2.75) is 51.4 Å². The summed E-state index contributed by atoms with van der Waals surface area (Å²) in [6.07, 6.45) is -1.53. The molecule has 1 atom stereocenters. The number of hydrogen-bond acceptors (Lipinski definition) is 5. The Labute approximate surface area is 138 Å². The van der Waals surface area contributed by atoms with Gasteiger partial charge in [-0.25, -0.2) is 14.8 Å². The molecule has 0 aliphatic carbocycles. The van der Waals surface area contributed by atoms with Crippen molar-refractivity contribution in [1.82, 2.24) is 14.9 Å². The molecule has 2 heterocycles. The Bertz CT molecular complexity index is 570. The topological polar surface area (TPSA) is 67.3 Å². The minimum atomic E-state index is -4.51. The number of ether oxygens (including phenoxy) is 1. The molecule has 1 aromatic rings. The van der Waals surface area contributed by atoms with Gasteiger partial charge in [-0.05, 0) is 33.6 Å². The van der Waals surface area contributed by atoms with Crippen LogP contribution < -0.4 is 5.32 Å². The average Bonchev–Trinajstić information content (AvgIpc) is 2.91. The molecular weight excluding hydrogens is 325 g/mol. The van der Waals surface area contributed by atoms with Gasteiger partial charge in [0.2, 0.25) is 0 Å². The van der Waals surface area contributed by atoms with Gasteiger partial charge in [0.1, 0.15) is 11.4 Å². The van der Waals surface area contributed by atoms with Gasteiger partial charge in [0, 0.05) is 13.1 Å². The van der Waals surface area contributed by atoms with Crippen LogP contribution in [0.15, 0.2) is 12.4 Å². The molecule has 1 N–H and O–H groups in total. The van der Waals surface area contributed by atoms with Crippen LogP contribution in [0.1, 0.15) is 39.3 Å². The number of anilines is 1. The molecule has 1 aliphatic heterocycles. The zero-order valence-corrected chi connectivity index (χ0v) is 13.9. The van der Waals surface area contributed by atoms with Gasteiger partial charge >= 0.3 is 12.3 Å². The Morgan fingerprint density at radius 3 is 2.58 bits per heavy atom. The lowest BCUT2D eigenvalue weighted by molar-refractivity contribution is -0.141. The lowest BCUT2D eigenvalue weighted by Crippen LogP contribution is -2.42. The first-order valence-corrected chi connectivity index (χ1v) is 7.69. The highest BCUT2D eigenvalue weighted by Crippen LogP contribution is 2.27. The van der Waals surface area contributed by atoms with E-state index in [4.69, 9.17) is 4.74 Å². The molecule has 1 aliphatic rings. The number of rotatable bonds is 3. The summed E-state index contributed by atoms with van der Waals surface area (Å²) in [4.78, 5) is 20.8. The highest BCUT2D eigenvalue weighted by Gasteiger charge is 2.33. The quantitative estimate of drug-likeness (QED) is 0.909. The first kappa shape index (κ1) is 18.3. The second-order valence-corrected chi connectivity index (χ2v) is 6.64. The summed E-state index contributed by atoms with van der Waals surface area (Å²) in [6.45, 7) is 6.36. The third kappa shape index (κ3) is 4.97. The summed E-state index contributed by atoms with van der Waals surface area (Å²) in [6, 6.07) is -0.0936. The SMILES string of the molecule is CC(C)(C)OC(=O)N1CCCC1CNc1cnc(C(F)(F)F)cn1. The molecule has 2 rings (SSSR count). The van der Waals surface area contributed by atoms with E-state index in [1.54, 1.807) is 25.7 Å². The third-order valence-corrected chi connectivity index (χ3v) is 3.47. The fourth-order valence-corrected chi connectivity index (χ4v) is 2.40. The van der Waals surface area contributed by atoms with Crippen LogP contribution in [0, 0.1) is 0 Å². The summed E-state index contributed by atoms with van der Waals surface area (Å²) in [7, 11) is 0. The second kappa shape index (κ2) is 6.82. The second-order valence-electron chi connectivity index (χ2n) is 6.64. The van der Waals surface area contributed by atoms with Gasteiger partial charge in [-0.2, -0.15) is 13.2 Å². The summed E-state index contributed by atoms with van der Waals surface area (Å²) >= 11 is 0. The summed E-state index contributed by atoms with van der Waals surface area (Å²) in [5.74, 6) is 0.235. The van der Waals surface area contributed by atoms with Crippen LogP contribution >= 0.6 is 0 Å². The predicted octanol–water partition coefficient (Wildman–Crippen LogP) is 3.31. The van der Waals surface area contributed by atoms with Gasteiger partial charge in [-0.1, -0.05) is 0 Å². The Balaban J connectivity index is 1.92. The molecule has 134 valence electrons. The highest BCUT2D eigenvalue weighted by atomic mass is 19.4. The highest BCUT2D eigenvalue weighted by molar-refractivity contribution is 5.69. The molecule has 1 saturated heterocycles. The minimum absolute atomic E-state index is 0.0936. The first-order valence-electron chi connectivity index (χ1n) is 7.69. The zero-order chi connectivity index (χ0) is 18.0. The number of carbonyl (C=O) groups is 1. The van der Waals surface area contributed by atoms with Crippen LogP contribution in [0.5, 0.6) is 0 Å². The van der Waals surface area contributed by atoms with Gasteiger partial charge in [0.15, 0.2) is 5.69 Å². The van der Waals surface area contributed by atoms with E-state index in [1.807, 2.05) is 0 Å². The van der Waals surface area contributed by atoms with Crippen molar-refractivity contribution in [3.63, 3.8) is 0 Å². The van der Waals surface area contributed by atoms with Crippen molar-refractivity contribution in [2.24, 2.45) is 0 Å². The van der Waals surface area contributed by atoms with Crippen LogP contribution in [0.4, 0.5) is 23.8 Å². The maximum absolute atomic E-state index is 12.4. The normalized spacial score (nSPS) is 18.6. The van der Waals surface area contributed by atoms with Crippen LogP contribution in [0.25, 0.3) is 0 Å². The lowest BCUT2D eigenvalue weighted by atomic mass is 10.2. The molecule has 0 radical (unpaired) electrons. The predicted molar refractivity (Wildman–Crippen MR) is 81.5 cm³/mol. The van der Waals surface area contributed by atoms with Crippen molar-refractivity contribution in [3.8, 4) is 0 Å². The molecule has 0 aromatic carbocycles. The molecule has 24 heavy (non-hydrogen) atoms. The number of carbonyl (C=O) groups excluding carboxylic acids is 1. The smallest absolute Gasteiger partial charge is 0.434 e. The maximum Gasteiger partial charge on any atom is 0.434 e. The Hall–Kier alpha value is -2.06. The van der Waals surface area contributed by atoms with Crippen molar-refractivity contribution in [3.05, 3.63) is 18.1 Å². The van der Waals surface area contributed by atoms with Crippen LogP contribution in [-0.2, 0) is 10.9 Å². The van der Waals surface area contributed by atoms with Gasteiger partial charge in [-0.3, -0.25) is 0 Å². The summed E-state index contributed by atoms with van der Waals surface area (Å²) < 4.78 is 42.7. The molecule has 1 unspecified atom stereocenters. The number of alkyl halides is 3. The number of amides is 1. The number of hydrogen-bond donors (Lipinski definition) is 1. The number of likely N-dealkylation sites (tertiary alicyclic amines) is 1. The van der Waals surface area contributed by atoms with Gasteiger partial charge in [-0.15, -0.1) is 0 Å². The molecule has 0 spiro atoms. The van der Waals surface area contributed by atoms with E-state index in [2.05, 4.69) is 15.3 Å². The van der Waals surface area contributed by atoms with Gasteiger partial charge in [0.25, 0.3) is 0 Å². The average molecular weight is 346 g/mol. The summed E-state index contributed by atoms with van der Waals surface area (Å²) in [5, 5.41) is 2.92. The van der Waals surface area contributed by atoms with Crippen molar-refractivity contribution in [2.75, 3.05) is 18.4 Å². The van der Waals surface area contributed by atoms with E-state index >= 15 is 0 Å². The molecule has 0 bridgehead atoms. The first-order chi connectivity index (χ1) is 11.1. The van der Waals surface area contributed by atoms with E-state index < -0.39 is 17.5 Å². The number of nitrogens with zero attached hydrogens (tertiary/aromatic N) is 3. The standard InChI is InChI=1S/C15H21F3N4O2/c1-14(2,3)24-13(23)22-6-4-5-10(22)7-20-12-9-19-11(8-21-12)15(16,17)18/h8-10H,4-7H2,1-3H3,(H,20,21). The minimum Gasteiger partial charge on any atom is -0.444 e. The molecule has 1 fully saturated rings.